The van der Waals surface area contributed by atoms with Crippen molar-refractivity contribution in [3.63, 3.8) is 0 Å². The molecule has 0 heterocycles. The second kappa shape index (κ2) is 8.58. The normalized spacial score (nSPS) is 30.2. The number of hydrogen-bond donors (Lipinski definition) is 2. The summed E-state index contributed by atoms with van der Waals surface area (Å²) in [6.45, 7) is 5.06. The van der Waals surface area contributed by atoms with E-state index < -0.39 is 6.04 Å². The quantitative estimate of drug-likeness (QED) is 0.715. The van der Waals surface area contributed by atoms with Crippen LogP contribution >= 0.6 is 0 Å². The monoisotopic (exact) mass is 413 g/mol. The second-order valence-corrected chi connectivity index (χ2v) is 9.81. The first-order chi connectivity index (χ1) is 14.4. The molecule has 30 heavy (non-hydrogen) atoms. The molecule has 164 valence electrons. The maximum absolute atomic E-state index is 12.7. The molecule has 0 aliphatic heterocycles. The van der Waals surface area contributed by atoms with Crippen LogP contribution in [-0.2, 0) is 11.3 Å². The van der Waals surface area contributed by atoms with E-state index in [1.54, 1.807) is 0 Å². The van der Waals surface area contributed by atoms with Gasteiger partial charge in [-0.15, -0.1) is 0 Å². The lowest BCUT2D eigenvalue weighted by atomic mass is 9.53. The van der Waals surface area contributed by atoms with Crippen molar-refractivity contribution in [2.45, 2.75) is 70.5 Å². The Morgan fingerprint density at radius 1 is 1.10 bits per heavy atom. The molecular formula is C24H35N3O3. The standard InChI is InChI=1S/C24H35N3O3/c1-4-30-21-7-5-17(6-8-21)15-27(3)16(2)22(28)25-23(29)26-24-12-18-9-19(13-24)11-20(10-18)14-24/h5-8,16,18-20H,4,9-15H2,1-3H3,(H2,25,26,28,29)/t16-,18?,19?,20?,24?/m0/s1. The van der Waals surface area contributed by atoms with Crippen molar-refractivity contribution in [1.29, 1.82) is 0 Å². The molecule has 2 N–H and O–H groups in total. The average Bonchev–Trinajstić information content (AvgIpc) is 2.67. The first kappa shape index (κ1) is 21.2. The van der Waals surface area contributed by atoms with Crippen molar-refractivity contribution >= 4 is 11.9 Å². The van der Waals surface area contributed by atoms with E-state index in [2.05, 4.69) is 10.6 Å². The Labute approximate surface area is 179 Å². The third kappa shape index (κ3) is 4.64. The summed E-state index contributed by atoms with van der Waals surface area (Å²) in [5.74, 6) is 2.85. The molecule has 4 bridgehead atoms. The number of urea groups is 1. The molecule has 1 aromatic rings. The number of imide groups is 1. The molecule has 4 saturated carbocycles. The number of amides is 3. The van der Waals surface area contributed by atoms with Crippen LogP contribution in [0.3, 0.4) is 0 Å². The van der Waals surface area contributed by atoms with Gasteiger partial charge in [-0.05, 0) is 94.9 Å². The van der Waals surface area contributed by atoms with E-state index in [9.17, 15) is 9.59 Å². The van der Waals surface area contributed by atoms with Crippen molar-refractivity contribution in [2.24, 2.45) is 17.8 Å². The van der Waals surface area contributed by atoms with Gasteiger partial charge in [0, 0.05) is 12.1 Å². The van der Waals surface area contributed by atoms with Crippen LogP contribution in [0.4, 0.5) is 4.79 Å². The predicted molar refractivity (Wildman–Crippen MR) is 116 cm³/mol. The van der Waals surface area contributed by atoms with Gasteiger partial charge in [-0.1, -0.05) is 12.1 Å². The van der Waals surface area contributed by atoms with Crippen molar-refractivity contribution in [3.05, 3.63) is 29.8 Å². The summed E-state index contributed by atoms with van der Waals surface area (Å²) in [6.07, 6.45) is 7.22. The summed E-state index contributed by atoms with van der Waals surface area (Å²) in [5.41, 5.74) is 1.01. The average molecular weight is 414 g/mol. The van der Waals surface area contributed by atoms with Crippen LogP contribution in [0.15, 0.2) is 24.3 Å². The van der Waals surface area contributed by atoms with Crippen LogP contribution < -0.4 is 15.4 Å². The highest BCUT2D eigenvalue weighted by atomic mass is 16.5. The number of carbonyl (C=O) groups excluding carboxylic acids is 2. The van der Waals surface area contributed by atoms with Gasteiger partial charge in [-0.2, -0.15) is 0 Å². The highest BCUT2D eigenvalue weighted by Crippen LogP contribution is 2.55. The largest absolute Gasteiger partial charge is 0.494 e. The van der Waals surface area contributed by atoms with Crippen LogP contribution in [0, 0.1) is 17.8 Å². The van der Waals surface area contributed by atoms with Crippen LogP contribution in [0.2, 0.25) is 0 Å². The van der Waals surface area contributed by atoms with Gasteiger partial charge in [0.2, 0.25) is 5.91 Å². The number of carbonyl (C=O) groups is 2. The maximum Gasteiger partial charge on any atom is 0.321 e. The van der Waals surface area contributed by atoms with E-state index in [4.69, 9.17) is 4.74 Å². The number of benzene rings is 1. The van der Waals surface area contributed by atoms with Gasteiger partial charge >= 0.3 is 6.03 Å². The fourth-order valence-electron chi connectivity index (χ4n) is 6.23. The highest BCUT2D eigenvalue weighted by molar-refractivity contribution is 5.97. The molecule has 4 fully saturated rings. The Balaban J connectivity index is 1.28. The minimum absolute atomic E-state index is 0.0867. The topological polar surface area (TPSA) is 70.7 Å². The summed E-state index contributed by atoms with van der Waals surface area (Å²) >= 11 is 0. The van der Waals surface area contributed by atoms with E-state index in [1.807, 2.05) is 50.1 Å². The summed E-state index contributed by atoms with van der Waals surface area (Å²) < 4.78 is 5.47. The van der Waals surface area contributed by atoms with Crippen molar-refractivity contribution < 1.29 is 14.3 Å². The maximum atomic E-state index is 12.7. The lowest BCUT2D eigenvalue weighted by molar-refractivity contribution is -0.124. The Kier molecular flexibility index (Phi) is 6.05. The van der Waals surface area contributed by atoms with E-state index >= 15 is 0 Å². The second-order valence-electron chi connectivity index (χ2n) is 9.81. The van der Waals surface area contributed by atoms with Crippen molar-refractivity contribution in [3.8, 4) is 5.75 Å². The van der Waals surface area contributed by atoms with Gasteiger partial charge in [0.05, 0.1) is 12.6 Å². The smallest absolute Gasteiger partial charge is 0.321 e. The SMILES string of the molecule is CCOc1ccc(CN(C)[C@@H](C)C(=O)NC(=O)NC23CC4CC(CC(C4)C2)C3)cc1. The third-order valence-corrected chi connectivity index (χ3v) is 7.36. The number of ether oxygens (including phenoxy) is 1. The van der Waals surface area contributed by atoms with Gasteiger partial charge in [-0.25, -0.2) is 4.79 Å². The molecule has 6 heteroatoms. The van der Waals surface area contributed by atoms with E-state index in [0.29, 0.717) is 13.2 Å². The summed E-state index contributed by atoms with van der Waals surface area (Å²) in [5, 5.41) is 5.81. The molecule has 0 unspecified atom stereocenters. The number of rotatable bonds is 7. The fraction of sp³-hybridized carbons (Fsp3) is 0.667. The minimum Gasteiger partial charge on any atom is -0.494 e. The van der Waals surface area contributed by atoms with Gasteiger partial charge in [-0.3, -0.25) is 15.0 Å². The lowest BCUT2D eigenvalue weighted by Crippen LogP contribution is -2.62. The molecular weight excluding hydrogens is 378 g/mol. The Hall–Kier alpha value is -2.08. The molecule has 0 radical (unpaired) electrons. The molecule has 1 atom stereocenters. The number of hydrogen-bond acceptors (Lipinski definition) is 4. The van der Waals surface area contributed by atoms with E-state index in [-0.39, 0.29) is 17.5 Å². The summed E-state index contributed by atoms with van der Waals surface area (Å²) in [6, 6.07) is 7.16. The number of nitrogens with one attached hydrogen (secondary N) is 2. The molecule has 6 nitrogen and oxygen atoms in total. The first-order valence-corrected chi connectivity index (χ1v) is 11.4. The third-order valence-electron chi connectivity index (χ3n) is 7.36. The molecule has 5 rings (SSSR count). The first-order valence-electron chi connectivity index (χ1n) is 11.4. The number of likely N-dealkylation sites (N-methyl/N-ethyl adjacent to an activating group) is 1. The molecule has 1 aromatic carbocycles. The van der Waals surface area contributed by atoms with Crippen LogP contribution in [0.1, 0.15) is 57.9 Å². The molecule has 0 saturated heterocycles. The van der Waals surface area contributed by atoms with Gasteiger partial charge in [0.15, 0.2) is 0 Å². The van der Waals surface area contributed by atoms with Crippen molar-refractivity contribution in [1.82, 2.24) is 15.5 Å². The van der Waals surface area contributed by atoms with E-state index in [0.717, 1.165) is 48.3 Å². The summed E-state index contributed by atoms with van der Waals surface area (Å²) in [4.78, 5) is 27.3. The van der Waals surface area contributed by atoms with Gasteiger partial charge in [0.1, 0.15) is 5.75 Å². The minimum atomic E-state index is -0.404. The zero-order valence-corrected chi connectivity index (χ0v) is 18.4. The highest BCUT2D eigenvalue weighted by Gasteiger charge is 2.51. The van der Waals surface area contributed by atoms with Gasteiger partial charge in [0.25, 0.3) is 0 Å². The molecule has 0 spiro atoms. The summed E-state index contributed by atoms with van der Waals surface area (Å²) in [7, 11) is 1.90. The molecule has 0 aromatic heterocycles. The number of nitrogens with zero attached hydrogens (tertiary/aromatic N) is 1. The zero-order chi connectivity index (χ0) is 21.3. The Bertz CT molecular complexity index is 741. The Morgan fingerprint density at radius 3 is 2.20 bits per heavy atom. The van der Waals surface area contributed by atoms with E-state index in [1.165, 1.54) is 19.3 Å². The van der Waals surface area contributed by atoms with Gasteiger partial charge < -0.3 is 10.1 Å². The Morgan fingerprint density at radius 2 is 1.67 bits per heavy atom. The fourth-order valence-corrected chi connectivity index (χ4v) is 6.23. The predicted octanol–water partition coefficient (Wildman–Crippen LogP) is 3.70. The van der Waals surface area contributed by atoms with Crippen LogP contribution in [-0.4, -0.2) is 42.1 Å². The molecule has 4 aliphatic carbocycles. The van der Waals surface area contributed by atoms with Crippen molar-refractivity contribution in [2.75, 3.05) is 13.7 Å². The van der Waals surface area contributed by atoms with Crippen LogP contribution in [0.25, 0.3) is 0 Å². The molecule has 3 amide bonds. The molecule has 4 aliphatic rings. The lowest BCUT2D eigenvalue weighted by Gasteiger charge is -2.56. The zero-order valence-electron chi connectivity index (χ0n) is 18.4. The van der Waals surface area contributed by atoms with Crippen LogP contribution in [0.5, 0.6) is 5.75 Å².